The fraction of sp³-hybridized carbons (Fsp3) is 0.308. The fourth-order valence-corrected chi connectivity index (χ4v) is 2.64. The van der Waals surface area contributed by atoms with Crippen LogP contribution in [0.4, 0.5) is 0 Å². The number of methoxy groups -OCH3 is 1. The minimum atomic E-state index is 0.455. The van der Waals surface area contributed by atoms with Gasteiger partial charge >= 0.3 is 0 Å². The summed E-state index contributed by atoms with van der Waals surface area (Å²) >= 11 is 3.50. The van der Waals surface area contributed by atoms with Gasteiger partial charge in [0, 0.05) is 19.2 Å². The Bertz CT molecular complexity index is 578. The van der Waals surface area contributed by atoms with Gasteiger partial charge in [-0.3, -0.25) is 4.68 Å². The van der Waals surface area contributed by atoms with Crippen LogP contribution in [0.3, 0.4) is 0 Å². The molecule has 2 aromatic rings. The Morgan fingerprint density at radius 1 is 1.44 bits per heavy atom. The molecule has 2 rings (SSSR count). The lowest BCUT2D eigenvalue weighted by molar-refractivity contribution is 0.412. The Morgan fingerprint density at radius 3 is 2.67 bits per heavy atom. The third-order valence-corrected chi connectivity index (χ3v) is 3.62. The summed E-state index contributed by atoms with van der Waals surface area (Å²) in [6.45, 7) is 2.50. The van der Waals surface area contributed by atoms with Gasteiger partial charge in [-0.25, -0.2) is 0 Å². The molecule has 0 amide bonds. The van der Waals surface area contributed by atoms with E-state index in [1.807, 2.05) is 36.9 Å². The summed E-state index contributed by atoms with van der Waals surface area (Å²) in [4.78, 5) is 0. The van der Waals surface area contributed by atoms with E-state index in [1.54, 1.807) is 7.11 Å². The van der Waals surface area contributed by atoms with Crippen LogP contribution in [0.1, 0.15) is 11.3 Å². The number of aromatic nitrogens is 2. The van der Waals surface area contributed by atoms with E-state index < -0.39 is 0 Å². The molecule has 0 aliphatic carbocycles. The van der Waals surface area contributed by atoms with Crippen molar-refractivity contribution in [2.45, 2.75) is 13.5 Å². The summed E-state index contributed by atoms with van der Waals surface area (Å²) in [6, 6.07) is 5.99. The van der Waals surface area contributed by atoms with Crippen molar-refractivity contribution in [3.63, 3.8) is 0 Å². The van der Waals surface area contributed by atoms with Crippen molar-refractivity contribution in [2.24, 2.45) is 12.8 Å². The van der Waals surface area contributed by atoms with Crippen molar-refractivity contribution < 1.29 is 4.74 Å². The number of hydrogen-bond acceptors (Lipinski definition) is 3. The molecule has 18 heavy (non-hydrogen) atoms. The number of nitrogens with two attached hydrogens (primary N) is 1. The van der Waals surface area contributed by atoms with Gasteiger partial charge in [0.2, 0.25) is 0 Å². The molecule has 1 heterocycles. The predicted octanol–water partition coefficient (Wildman–Crippen LogP) is 2.63. The lowest BCUT2D eigenvalue weighted by Gasteiger charge is -2.08. The highest BCUT2D eigenvalue weighted by Gasteiger charge is 2.14. The van der Waals surface area contributed by atoms with Crippen molar-refractivity contribution in [3.05, 3.63) is 33.9 Å². The maximum Gasteiger partial charge on any atom is 0.133 e. The molecule has 0 atom stereocenters. The molecule has 5 heteroatoms. The van der Waals surface area contributed by atoms with Crippen molar-refractivity contribution in [2.75, 3.05) is 7.11 Å². The van der Waals surface area contributed by atoms with Gasteiger partial charge < -0.3 is 10.5 Å². The summed E-state index contributed by atoms with van der Waals surface area (Å²) in [5.41, 5.74) is 9.91. The van der Waals surface area contributed by atoms with Crippen LogP contribution in [0, 0.1) is 6.92 Å². The molecule has 0 unspecified atom stereocenters. The van der Waals surface area contributed by atoms with Crippen molar-refractivity contribution in [1.82, 2.24) is 9.78 Å². The molecule has 0 bridgehead atoms. The van der Waals surface area contributed by atoms with Gasteiger partial charge in [-0.1, -0.05) is 0 Å². The van der Waals surface area contributed by atoms with Gasteiger partial charge in [-0.15, -0.1) is 0 Å². The zero-order valence-corrected chi connectivity index (χ0v) is 12.3. The maximum absolute atomic E-state index is 5.68. The normalized spacial score (nSPS) is 10.7. The molecule has 2 N–H and O–H groups in total. The molecule has 0 spiro atoms. The third-order valence-electron chi connectivity index (χ3n) is 3.00. The van der Waals surface area contributed by atoms with E-state index in [0.717, 1.165) is 32.7 Å². The number of hydrogen-bond donors (Lipinski definition) is 1. The minimum absolute atomic E-state index is 0.455. The predicted molar refractivity (Wildman–Crippen MR) is 75.5 cm³/mol. The quantitative estimate of drug-likeness (QED) is 0.948. The lowest BCUT2D eigenvalue weighted by Crippen LogP contribution is -1.99. The SMILES string of the molecule is COc1ccc(-c2c(C)c(CN)nn2C)cc1Br. The zero-order chi connectivity index (χ0) is 13.3. The highest BCUT2D eigenvalue weighted by Crippen LogP contribution is 2.32. The van der Waals surface area contributed by atoms with E-state index in [2.05, 4.69) is 21.0 Å². The van der Waals surface area contributed by atoms with E-state index >= 15 is 0 Å². The molecule has 0 aliphatic rings. The number of nitrogens with zero attached hydrogens (tertiary/aromatic N) is 2. The summed E-state index contributed by atoms with van der Waals surface area (Å²) < 4.78 is 8.03. The van der Waals surface area contributed by atoms with Crippen LogP contribution in [0.2, 0.25) is 0 Å². The Labute approximate surface area is 115 Å². The van der Waals surface area contributed by atoms with Crippen molar-refractivity contribution in [3.8, 4) is 17.0 Å². The Kier molecular flexibility index (Phi) is 3.73. The Balaban J connectivity index is 2.55. The van der Waals surface area contributed by atoms with E-state index in [-0.39, 0.29) is 0 Å². The highest BCUT2D eigenvalue weighted by atomic mass is 79.9. The number of benzene rings is 1. The summed E-state index contributed by atoms with van der Waals surface area (Å²) in [5, 5.41) is 4.42. The monoisotopic (exact) mass is 309 g/mol. The molecular weight excluding hydrogens is 294 g/mol. The summed E-state index contributed by atoms with van der Waals surface area (Å²) in [7, 11) is 3.58. The standard InChI is InChI=1S/C13H16BrN3O/c1-8-11(7-15)16-17(2)13(8)9-4-5-12(18-3)10(14)6-9/h4-6H,7,15H2,1-3H3. The molecule has 4 nitrogen and oxygen atoms in total. The van der Waals surface area contributed by atoms with Crippen molar-refractivity contribution >= 4 is 15.9 Å². The topological polar surface area (TPSA) is 53.1 Å². The van der Waals surface area contributed by atoms with Gasteiger partial charge in [-0.05, 0) is 46.6 Å². The molecule has 0 radical (unpaired) electrons. The Hall–Kier alpha value is -1.33. The summed E-state index contributed by atoms with van der Waals surface area (Å²) in [6.07, 6.45) is 0. The van der Waals surface area contributed by atoms with Gasteiger partial charge in [0.05, 0.1) is 23.0 Å². The van der Waals surface area contributed by atoms with Crippen LogP contribution in [0.25, 0.3) is 11.3 Å². The molecule has 96 valence electrons. The molecule has 1 aromatic carbocycles. The van der Waals surface area contributed by atoms with E-state index in [4.69, 9.17) is 10.5 Å². The summed E-state index contributed by atoms with van der Waals surface area (Å²) in [5.74, 6) is 0.817. The second kappa shape index (κ2) is 5.12. The van der Waals surface area contributed by atoms with Crippen LogP contribution >= 0.6 is 15.9 Å². The second-order valence-corrected chi connectivity index (χ2v) is 4.95. The molecule has 0 saturated carbocycles. The van der Waals surface area contributed by atoms with E-state index in [9.17, 15) is 0 Å². The van der Waals surface area contributed by atoms with Gasteiger partial charge in [0.25, 0.3) is 0 Å². The lowest BCUT2D eigenvalue weighted by atomic mass is 10.1. The average Bonchev–Trinajstić information content (AvgIpc) is 2.64. The van der Waals surface area contributed by atoms with Crippen molar-refractivity contribution in [1.29, 1.82) is 0 Å². The van der Waals surface area contributed by atoms with E-state index in [1.165, 1.54) is 0 Å². The maximum atomic E-state index is 5.68. The second-order valence-electron chi connectivity index (χ2n) is 4.10. The smallest absolute Gasteiger partial charge is 0.133 e. The number of aryl methyl sites for hydroxylation is 1. The van der Waals surface area contributed by atoms with Crippen LogP contribution < -0.4 is 10.5 Å². The average molecular weight is 310 g/mol. The number of rotatable bonds is 3. The zero-order valence-electron chi connectivity index (χ0n) is 10.7. The first-order valence-corrected chi connectivity index (χ1v) is 6.44. The molecule has 0 aliphatic heterocycles. The molecule has 0 saturated heterocycles. The first-order valence-electron chi connectivity index (χ1n) is 5.65. The van der Waals surface area contributed by atoms with Gasteiger partial charge in [-0.2, -0.15) is 5.10 Å². The van der Waals surface area contributed by atoms with Gasteiger partial charge in [0.1, 0.15) is 5.75 Å². The highest BCUT2D eigenvalue weighted by molar-refractivity contribution is 9.10. The van der Waals surface area contributed by atoms with E-state index in [0.29, 0.717) is 6.54 Å². The molecule has 1 aromatic heterocycles. The van der Waals surface area contributed by atoms with Crippen LogP contribution in [-0.2, 0) is 13.6 Å². The van der Waals surface area contributed by atoms with Crippen LogP contribution in [0.15, 0.2) is 22.7 Å². The first kappa shape index (κ1) is 13.1. The van der Waals surface area contributed by atoms with Crippen LogP contribution in [-0.4, -0.2) is 16.9 Å². The van der Waals surface area contributed by atoms with Crippen LogP contribution in [0.5, 0.6) is 5.75 Å². The third kappa shape index (κ3) is 2.15. The molecular formula is C13H16BrN3O. The Morgan fingerprint density at radius 2 is 2.17 bits per heavy atom. The first-order chi connectivity index (χ1) is 8.58. The minimum Gasteiger partial charge on any atom is -0.496 e. The van der Waals surface area contributed by atoms with Gasteiger partial charge in [0.15, 0.2) is 0 Å². The number of ether oxygens (including phenoxy) is 1. The molecule has 0 fully saturated rings. The fourth-order valence-electron chi connectivity index (χ4n) is 2.10. The number of halogens is 1. The largest absolute Gasteiger partial charge is 0.496 e.